The van der Waals surface area contributed by atoms with Crippen LogP contribution in [0.15, 0.2) is 29.2 Å². The minimum atomic E-state index is -3.66. The van der Waals surface area contributed by atoms with Crippen LogP contribution >= 0.6 is 24.0 Å². The number of sulfonamides is 1. The lowest BCUT2D eigenvalue weighted by molar-refractivity contribution is -0.123. The minimum absolute atomic E-state index is 0.0242. The highest BCUT2D eigenvalue weighted by Gasteiger charge is 2.25. The first kappa shape index (κ1) is 14.4. The average molecular weight is 316 g/mol. The Kier molecular flexibility index (Phi) is 4.24. The van der Waals surface area contributed by atoms with Crippen molar-refractivity contribution in [3.05, 3.63) is 29.8 Å². The van der Waals surface area contributed by atoms with E-state index in [0.29, 0.717) is 23.0 Å². The van der Waals surface area contributed by atoms with E-state index < -0.39 is 10.0 Å². The lowest BCUT2D eigenvalue weighted by Gasteiger charge is -2.14. The molecule has 19 heavy (non-hydrogen) atoms. The van der Waals surface area contributed by atoms with Crippen LogP contribution < -0.4 is 5.14 Å². The summed E-state index contributed by atoms with van der Waals surface area (Å²) in [7, 11) is -3.66. The van der Waals surface area contributed by atoms with Crippen LogP contribution in [0.2, 0.25) is 0 Å². The molecule has 0 aliphatic carbocycles. The Morgan fingerprint density at radius 3 is 2.42 bits per heavy atom. The number of thioether (sulfide) groups is 1. The van der Waals surface area contributed by atoms with Crippen LogP contribution in [-0.2, 0) is 21.2 Å². The standard InChI is InChI=1S/C11H12N2O3S3/c12-19(15,16)9-3-1-8(2-4-9)5-6-13-10(14)7-18-11(13)17/h1-4H,5-7H2,(H2,12,15,16). The summed E-state index contributed by atoms with van der Waals surface area (Å²) in [5.74, 6) is 0.430. The Hall–Kier alpha value is -0.960. The van der Waals surface area contributed by atoms with Crippen LogP contribution in [0.3, 0.4) is 0 Å². The second kappa shape index (κ2) is 5.58. The molecule has 0 bridgehead atoms. The van der Waals surface area contributed by atoms with Crippen molar-refractivity contribution < 1.29 is 13.2 Å². The summed E-state index contributed by atoms with van der Waals surface area (Å²) in [4.78, 5) is 13.2. The molecule has 1 aromatic carbocycles. The number of primary sulfonamides is 1. The van der Waals surface area contributed by atoms with Crippen molar-refractivity contribution in [1.82, 2.24) is 4.90 Å². The Labute approximate surface area is 121 Å². The summed E-state index contributed by atoms with van der Waals surface area (Å²) in [5.41, 5.74) is 0.930. The number of thiocarbonyl (C=S) groups is 1. The third-order valence-corrected chi connectivity index (χ3v) is 5.08. The fourth-order valence-corrected chi connectivity index (χ4v) is 3.32. The Morgan fingerprint density at radius 1 is 1.32 bits per heavy atom. The van der Waals surface area contributed by atoms with Crippen molar-refractivity contribution in [3.8, 4) is 0 Å². The van der Waals surface area contributed by atoms with Crippen molar-refractivity contribution in [2.75, 3.05) is 12.3 Å². The van der Waals surface area contributed by atoms with Crippen molar-refractivity contribution in [1.29, 1.82) is 0 Å². The van der Waals surface area contributed by atoms with Gasteiger partial charge < -0.3 is 0 Å². The number of nitrogens with two attached hydrogens (primary N) is 1. The van der Waals surface area contributed by atoms with Gasteiger partial charge in [0.1, 0.15) is 4.32 Å². The van der Waals surface area contributed by atoms with E-state index in [9.17, 15) is 13.2 Å². The summed E-state index contributed by atoms with van der Waals surface area (Å²) < 4.78 is 22.8. The molecular weight excluding hydrogens is 304 g/mol. The van der Waals surface area contributed by atoms with Gasteiger partial charge in [0.15, 0.2) is 0 Å². The van der Waals surface area contributed by atoms with Crippen LogP contribution in [-0.4, -0.2) is 35.8 Å². The number of benzene rings is 1. The number of amides is 1. The molecular formula is C11H12N2O3S3. The molecule has 0 unspecified atom stereocenters. The van der Waals surface area contributed by atoms with E-state index in [2.05, 4.69) is 0 Å². The summed E-state index contributed by atoms with van der Waals surface area (Å²) >= 11 is 6.44. The quantitative estimate of drug-likeness (QED) is 0.829. The largest absolute Gasteiger partial charge is 0.297 e. The number of carbonyl (C=O) groups is 1. The van der Waals surface area contributed by atoms with Crippen LogP contribution in [0.25, 0.3) is 0 Å². The second-order valence-corrected chi connectivity index (χ2v) is 7.21. The highest BCUT2D eigenvalue weighted by atomic mass is 32.2. The molecule has 0 saturated carbocycles. The van der Waals surface area contributed by atoms with Crippen LogP contribution in [0.4, 0.5) is 0 Å². The van der Waals surface area contributed by atoms with E-state index in [1.807, 2.05) is 0 Å². The zero-order chi connectivity index (χ0) is 14.0. The van der Waals surface area contributed by atoms with E-state index in [1.54, 1.807) is 17.0 Å². The van der Waals surface area contributed by atoms with Gasteiger partial charge in [-0.3, -0.25) is 9.69 Å². The molecule has 0 radical (unpaired) electrons. The summed E-state index contributed by atoms with van der Waals surface area (Å²) in [6, 6.07) is 6.31. The van der Waals surface area contributed by atoms with Gasteiger partial charge in [-0.15, -0.1) is 0 Å². The predicted molar refractivity (Wildman–Crippen MR) is 78.3 cm³/mol. The van der Waals surface area contributed by atoms with Gasteiger partial charge in [-0.2, -0.15) is 0 Å². The highest BCUT2D eigenvalue weighted by Crippen LogP contribution is 2.19. The Bertz CT molecular complexity index is 595. The molecule has 1 aliphatic heterocycles. The van der Waals surface area contributed by atoms with Crippen LogP contribution in [0, 0.1) is 0 Å². The number of nitrogens with zero attached hydrogens (tertiary/aromatic N) is 1. The fraction of sp³-hybridized carbons (Fsp3) is 0.273. The molecule has 5 nitrogen and oxygen atoms in total. The zero-order valence-corrected chi connectivity index (χ0v) is 12.4. The third kappa shape index (κ3) is 3.53. The number of hydrogen-bond donors (Lipinski definition) is 1. The van der Waals surface area contributed by atoms with Gasteiger partial charge in [-0.05, 0) is 24.1 Å². The molecule has 0 spiro atoms. The lowest BCUT2D eigenvalue weighted by Crippen LogP contribution is -2.30. The maximum Gasteiger partial charge on any atom is 0.238 e. The van der Waals surface area contributed by atoms with E-state index in [4.69, 9.17) is 17.4 Å². The summed E-state index contributed by atoms with van der Waals surface area (Å²) in [6.07, 6.45) is 0.622. The highest BCUT2D eigenvalue weighted by molar-refractivity contribution is 8.23. The van der Waals surface area contributed by atoms with E-state index >= 15 is 0 Å². The van der Waals surface area contributed by atoms with Gasteiger partial charge in [0, 0.05) is 6.54 Å². The minimum Gasteiger partial charge on any atom is -0.297 e. The molecule has 2 rings (SSSR count). The van der Waals surface area contributed by atoms with Crippen LogP contribution in [0.5, 0.6) is 0 Å². The summed E-state index contributed by atoms with van der Waals surface area (Å²) in [6.45, 7) is 0.513. The van der Waals surface area contributed by atoms with E-state index in [0.717, 1.165) is 5.56 Å². The third-order valence-electron chi connectivity index (χ3n) is 2.72. The maximum absolute atomic E-state index is 11.5. The van der Waals surface area contributed by atoms with Gasteiger partial charge >= 0.3 is 0 Å². The average Bonchev–Trinajstić information content (AvgIpc) is 2.66. The molecule has 1 aliphatic rings. The second-order valence-electron chi connectivity index (χ2n) is 4.04. The van der Waals surface area contributed by atoms with E-state index in [1.165, 1.54) is 23.9 Å². The first-order chi connectivity index (χ1) is 8.88. The van der Waals surface area contributed by atoms with Crippen LogP contribution in [0.1, 0.15) is 5.56 Å². The summed E-state index contributed by atoms with van der Waals surface area (Å²) in [5, 5.41) is 5.02. The van der Waals surface area contributed by atoms with E-state index in [-0.39, 0.29) is 10.8 Å². The zero-order valence-electron chi connectivity index (χ0n) is 9.90. The number of hydrogen-bond acceptors (Lipinski definition) is 5. The predicted octanol–water partition coefficient (Wildman–Crippen LogP) is 0.737. The molecule has 1 amide bonds. The maximum atomic E-state index is 11.5. The lowest BCUT2D eigenvalue weighted by atomic mass is 10.1. The molecule has 2 N–H and O–H groups in total. The van der Waals surface area contributed by atoms with Gasteiger partial charge in [-0.1, -0.05) is 36.1 Å². The molecule has 0 atom stereocenters. The normalized spacial score (nSPS) is 16.2. The molecule has 102 valence electrons. The molecule has 0 aromatic heterocycles. The van der Waals surface area contributed by atoms with Crippen molar-refractivity contribution in [3.63, 3.8) is 0 Å². The number of carbonyl (C=O) groups excluding carboxylic acids is 1. The topological polar surface area (TPSA) is 80.5 Å². The molecule has 1 fully saturated rings. The molecule has 1 heterocycles. The van der Waals surface area contributed by atoms with Crippen molar-refractivity contribution in [2.45, 2.75) is 11.3 Å². The smallest absolute Gasteiger partial charge is 0.238 e. The Balaban J connectivity index is 2.01. The fourth-order valence-electron chi connectivity index (χ4n) is 1.68. The molecule has 1 saturated heterocycles. The molecule has 1 aromatic rings. The van der Waals surface area contributed by atoms with Gasteiger partial charge in [0.25, 0.3) is 0 Å². The Morgan fingerprint density at radius 2 is 1.95 bits per heavy atom. The van der Waals surface area contributed by atoms with Gasteiger partial charge in [0.05, 0.1) is 10.6 Å². The monoisotopic (exact) mass is 316 g/mol. The SMILES string of the molecule is NS(=O)(=O)c1ccc(CCN2C(=O)CSC2=S)cc1. The molecule has 8 heteroatoms. The van der Waals surface area contributed by atoms with Crippen molar-refractivity contribution in [2.24, 2.45) is 5.14 Å². The van der Waals surface area contributed by atoms with Crippen molar-refractivity contribution >= 4 is 44.2 Å². The number of rotatable bonds is 4. The van der Waals surface area contributed by atoms with Gasteiger partial charge in [0.2, 0.25) is 15.9 Å². The first-order valence-electron chi connectivity index (χ1n) is 5.47. The van der Waals surface area contributed by atoms with Gasteiger partial charge in [-0.25, -0.2) is 13.6 Å². The first-order valence-corrected chi connectivity index (χ1v) is 8.41.